The van der Waals surface area contributed by atoms with Crippen LogP contribution in [0.3, 0.4) is 0 Å². The highest BCUT2D eigenvalue weighted by molar-refractivity contribution is 6.74. The topological polar surface area (TPSA) is 54.0 Å². The van der Waals surface area contributed by atoms with E-state index < -0.39 is 16.6 Å². The predicted octanol–water partition coefficient (Wildman–Crippen LogP) is 5.68. The molecule has 0 aromatic heterocycles. The van der Waals surface area contributed by atoms with Crippen LogP contribution in [0.15, 0.2) is 12.2 Å². The fourth-order valence-electron chi connectivity index (χ4n) is 2.71. The van der Waals surface area contributed by atoms with Gasteiger partial charge in [-0.15, -0.1) is 0 Å². The number of hydrogen-bond acceptors (Lipinski definition) is 5. The van der Waals surface area contributed by atoms with Crippen LogP contribution in [0.25, 0.3) is 0 Å². The van der Waals surface area contributed by atoms with Gasteiger partial charge in [0.25, 0.3) is 0 Å². The van der Waals surface area contributed by atoms with Crippen molar-refractivity contribution in [1.29, 1.82) is 0 Å². The van der Waals surface area contributed by atoms with Gasteiger partial charge in [-0.25, -0.2) is 0 Å². The molecule has 0 radical (unpaired) electrons. The summed E-state index contributed by atoms with van der Waals surface area (Å²) in [6.07, 6.45) is 0.0927. The molecule has 1 aliphatic heterocycles. The molecule has 3 atom stereocenters. The first-order chi connectivity index (χ1) is 12.9. The van der Waals surface area contributed by atoms with Gasteiger partial charge in [-0.1, -0.05) is 48.1 Å². The third-order valence-corrected chi connectivity index (χ3v) is 15.8. The van der Waals surface area contributed by atoms with Crippen molar-refractivity contribution in [3.63, 3.8) is 0 Å². The molecule has 1 unspecified atom stereocenters. The number of carbonyl (C=O) groups excluding carboxylic acids is 1. The zero-order valence-electron chi connectivity index (χ0n) is 20.6. The monoisotopic (exact) mass is 444 g/mol. The van der Waals surface area contributed by atoms with Gasteiger partial charge in [0.1, 0.15) is 6.10 Å². The van der Waals surface area contributed by atoms with Crippen molar-refractivity contribution in [3.8, 4) is 0 Å². The van der Waals surface area contributed by atoms with Crippen molar-refractivity contribution in [2.45, 2.75) is 109 Å². The quantitative estimate of drug-likeness (QED) is 0.287. The van der Waals surface area contributed by atoms with Gasteiger partial charge in [-0.2, -0.15) is 0 Å². The van der Waals surface area contributed by atoms with Crippen LogP contribution < -0.4 is 0 Å². The van der Waals surface area contributed by atoms with Gasteiger partial charge < -0.3 is 18.3 Å². The summed E-state index contributed by atoms with van der Waals surface area (Å²) in [6, 6.07) is 0. The zero-order valence-corrected chi connectivity index (χ0v) is 22.6. The summed E-state index contributed by atoms with van der Waals surface area (Å²) in [5.74, 6) is -0.268. The molecule has 5 nitrogen and oxygen atoms in total. The van der Waals surface area contributed by atoms with E-state index >= 15 is 0 Å². The summed E-state index contributed by atoms with van der Waals surface area (Å²) < 4.78 is 24.4. The highest BCUT2D eigenvalue weighted by Crippen LogP contribution is 2.41. The number of rotatable bonds is 7. The summed E-state index contributed by atoms with van der Waals surface area (Å²) >= 11 is 0. The second-order valence-electron chi connectivity index (χ2n) is 11.3. The molecule has 0 spiro atoms. The van der Waals surface area contributed by atoms with Gasteiger partial charge >= 0.3 is 5.97 Å². The summed E-state index contributed by atoms with van der Waals surface area (Å²) in [4.78, 5) is 11.8. The van der Waals surface area contributed by atoms with Crippen LogP contribution in [0.1, 0.15) is 54.4 Å². The van der Waals surface area contributed by atoms with Gasteiger partial charge in [-0.05, 0) is 48.3 Å². The number of hydrogen-bond donors (Lipinski definition) is 0. The first-order valence-electron chi connectivity index (χ1n) is 10.6. The second kappa shape index (κ2) is 9.34. The van der Waals surface area contributed by atoms with E-state index in [1.165, 1.54) is 7.11 Å². The number of ether oxygens (including phenoxy) is 2. The average molecular weight is 445 g/mol. The molecule has 1 saturated heterocycles. The van der Waals surface area contributed by atoms with Crippen LogP contribution in [-0.2, 0) is 23.1 Å². The Morgan fingerprint density at radius 1 is 1.07 bits per heavy atom. The summed E-state index contributed by atoms with van der Waals surface area (Å²) in [5.41, 5.74) is 0.985. The lowest BCUT2D eigenvalue weighted by atomic mass is 9.95. The highest BCUT2D eigenvalue weighted by Gasteiger charge is 2.45. The van der Waals surface area contributed by atoms with Crippen molar-refractivity contribution >= 4 is 22.6 Å². The van der Waals surface area contributed by atoms with Crippen molar-refractivity contribution in [2.75, 3.05) is 13.7 Å². The van der Waals surface area contributed by atoms with Crippen LogP contribution >= 0.6 is 0 Å². The molecule has 29 heavy (non-hydrogen) atoms. The Morgan fingerprint density at radius 3 is 2.03 bits per heavy atom. The number of esters is 1. The molecule has 170 valence electrons. The normalized spacial score (nSPS) is 24.5. The molecule has 7 heteroatoms. The summed E-state index contributed by atoms with van der Waals surface area (Å²) in [6.45, 7) is 27.1. The molecule has 1 heterocycles. The lowest BCUT2D eigenvalue weighted by Gasteiger charge is -2.46. The molecule has 0 bridgehead atoms. The standard InChI is InChI=1S/C22H44O5Si2/c1-16-13-17(14-19(23)24-8)26-18(15-25-28(9,10)21(2,3)4)20(16)27-29(11,12)22(5,6)7/h17-18,20H,1,13-15H2,2-12H3/t17-,18+,20?/m0/s1. The van der Waals surface area contributed by atoms with Gasteiger partial charge in [0.15, 0.2) is 16.6 Å². The van der Waals surface area contributed by atoms with Crippen molar-refractivity contribution in [3.05, 3.63) is 12.2 Å². The van der Waals surface area contributed by atoms with E-state index in [1.807, 2.05) is 0 Å². The van der Waals surface area contributed by atoms with Crippen LogP contribution in [0.5, 0.6) is 0 Å². The molecule has 0 aliphatic carbocycles. The largest absolute Gasteiger partial charge is 0.469 e. The van der Waals surface area contributed by atoms with Crippen molar-refractivity contribution in [2.24, 2.45) is 0 Å². The molecule has 0 saturated carbocycles. The lowest BCUT2D eigenvalue weighted by Crippen LogP contribution is -2.54. The molecule has 1 fully saturated rings. The molecule has 0 amide bonds. The molecule has 0 aromatic carbocycles. The van der Waals surface area contributed by atoms with E-state index in [0.717, 1.165) is 5.57 Å². The maximum Gasteiger partial charge on any atom is 0.308 e. The number of carbonyl (C=O) groups is 1. The maximum atomic E-state index is 11.8. The highest BCUT2D eigenvalue weighted by atomic mass is 28.4. The average Bonchev–Trinajstić information content (AvgIpc) is 2.53. The van der Waals surface area contributed by atoms with E-state index in [2.05, 4.69) is 74.3 Å². The molecule has 0 aromatic rings. The zero-order chi connectivity index (χ0) is 22.8. The predicted molar refractivity (Wildman–Crippen MR) is 124 cm³/mol. The van der Waals surface area contributed by atoms with Crippen LogP contribution in [0.2, 0.25) is 36.3 Å². The van der Waals surface area contributed by atoms with E-state index in [4.69, 9.17) is 18.3 Å². The molecule has 1 aliphatic rings. The van der Waals surface area contributed by atoms with Crippen LogP contribution in [0, 0.1) is 0 Å². The molecular formula is C22H44O5Si2. The minimum Gasteiger partial charge on any atom is -0.469 e. The van der Waals surface area contributed by atoms with Gasteiger partial charge in [0.2, 0.25) is 0 Å². The van der Waals surface area contributed by atoms with Gasteiger partial charge in [0.05, 0.1) is 32.3 Å². The Morgan fingerprint density at radius 2 is 1.59 bits per heavy atom. The molecular weight excluding hydrogens is 400 g/mol. The fraction of sp³-hybridized carbons (Fsp3) is 0.864. The molecule has 1 rings (SSSR count). The van der Waals surface area contributed by atoms with Crippen molar-refractivity contribution in [1.82, 2.24) is 0 Å². The van der Waals surface area contributed by atoms with Gasteiger partial charge in [0, 0.05) is 0 Å². The Balaban J connectivity index is 3.07. The first-order valence-corrected chi connectivity index (χ1v) is 16.4. The maximum absolute atomic E-state index is 11.8. The van der Waals surface area contributed by atoms with Gasteiger partial charge in [-0.3, -0.25) is 4.79 Å². The molecule has 0 N–H and O–H groups in total. The Hall–Kier alpha value is -0.476. The van der Waals surface area contributed by atoms with E-state index in [1.54, 1.807) is 0 Å². The SMILES string of the molecule is C=C1C[C@@H](CC(=O)OC)O[C@H](CO[Si](C)(C)C(C)(C)C)C1O[Si](C)(C)C(C)(C)C. The van der Waals surface area contributed by atoms with Crippen molar-refractivity contribution < 1.29 is 23.1 Å². The van der Waals surface area contributed by atoms with E-state index in [9.17, 15) is 4.79 Å². The second-order valence-corrected chi connectivity index (χ2v) is 20.9. The van der Waals surface area contributed by atoms with Crippen LogP contribution in [0.4, 0.5) is 0 Å². The summed E-state index contributed by atoms with van der Waals surface area (Å²) in [7, 11) is -2.56. The minimum atomic E-state index is -2.03. The fourth-order valence-corrected chi connectivity index (χ4v) is 5.04. The Labute approximate surface area is 180 Å². The third kappa shape index (κ3) is 7.02. The Kier molecular flexibility index (Phi) is 8.56. The smallest absolute Gasteiger partial charge is 0.308 e. The lowest BCUT2D eigenvalue weighted by molar-refractivity contribution is -0.150. The summed E-state index contributed by atoms with van der Waals surface area (Å²) in [5, 5.41) is 0.195. The van der Waals surface area contributed by atoms with E-state index in [0.29, 0.717) is 13.0 Å². The third-order valence-electron chi connectivity index (χ3n) is 6.86. The Bertz CT molecular complexity index is 587. The van der Waals surface area contributed by atoms with E-state index in [-0.39, 0.29) is 40.8 Å². The van der Waals surface area contributed by atoms with Crippen LogP contribution in [-0.4, -0.2) is 54.6 Å². The first kappa shape index (κ1) is 26.6. The minimum absolute atomic E-state index is 0.0843. The number of methoxy groups -OCH3 is 1.